The van der Waals surface area contributed by atoms with Crippen molar-refractivity contribution in [1.29, 1.82) is 0 Å². The molecule has 1 atom stereocenters. The third-order valence-electron chi connectivity index (χ3n) is 2.75. The molecule has 1 aromatic heterocycles. The predicted octanol–water partition coefficient (Wildman–Crippen LogP) is 1.28. The Labute approximate surface area is 92.0 Å². The van der Waals surface area contributed by atoms with Crippen LogP contribution in [0.5, 0.6) is 0 Å². The van der Waals surface area contributed by atoms with Crippen LogP contribution in [0.4, 0.5) is 5.69 Å². The van der Waals surface area contributed by atoms with E-state index in [1.165, 1.54) is 12.3 Å². The number of nitrogens with zero attached hydrogens (tertiary/aromatic N) is 3. The summed E-state index contributed by atoms with van der Waals surface area (Å²) >= 11 is 0. The minimum Gasteiger partial charge on any atom is -0.337 e. The van der Waals surface area contributed by atoms with Crippen LogP contribution in [0.25, 0.3) is 0 Å². The lowest BCUT2D eigenvalue weighted by molar-refractivity contribution is -0.385. The highest BCUT2D eigenvalue weighted by molar-refractivity contribution is 5.49. The molecule has 6 nitrogen and oxygen atoms in total. The number of aromatic nitrogens is 1. The van der Waals surface area contributed by atoms with Gasteiger partial charge in [0.05, 0.1) is 16.7 Å². The molecule has 84 valence electrons. The number of carbonyl (C=O) groups excluding carboxylic acids is 1. The molecule has 16 heavy (non-hydrogen) atoms. The minimum absolute atomic E-state index is 0.0283. The van der Waals surface area contributed by atoms with Crippen LogP contribution >= 0.6 is 0 Å². The van der Waals surface area contributed by atoms with E-state index in [4.69, 9.17) is 0 Å². The maximum atomic E-state index is 10.8. The summed E-state index contributed by atoms with van der Waals surface area (Å²) in [6, 6.07) is 3.01. The summed E-state index contributed by atoms with van der Waals surface area (Å²) in [7, 11) is 0. The summed E-state index contributed by atoms with van der Waals surface area (Å²) in [6.45, 7) is 0.729. The first kappa shape index (κ1) is 10.5. The highest BCUT2D eigenvalue weighted by Gasteiger charge is 2.25. The minimum atomic E-state index is -0.483. The Morgan fingerprint density at radius 2 is 2.38 bits per heavy atom. The highest BCUT2D eigenvalue weighted by Crippen LogP contribution is 2.29. The van der Waals surface area contributed by atoms with Gasteiger partial charge >= 0.3 is 0 Å². The Morgan fingerprint density at radius 1 is 1.56 bits per heavy atom. The lowest BCUT2D eigenvalue weighted by Crippen LogP contribution is -2.21. The monoisotopic (exact) mass is 221 g/mol. The molecule has 2 heterocycles. The first-order valence-electron chi connectivity index (χ1n) is 5.04. The van der Waals surface area contributed by atoms with Gasteiger partial charge in [0.1, 0.15) is 6.20 Å². The number of hydrogen-bond acceptors (Lipinski definition) is 4. The summed E-state index contributed by atoms with van der Waals surface area (Å²) in [5.41, 5.74) is 0.689. The quantitative estimate of drug-likeness (QED) is 0.437. The van der Waals surface area contributed by atoms with E-state index in [2.05, 4.69) is 4.98 Å². The van der Waals surface area contributed by atoms with Crippen molar-refractivity contribution in [3.05, 3.63) is 34.1 Å². The second-order valence-electron chi connectivity index (χ2n) is 3.70. The van der Waals surface area contributed by atoms with Gasteiger partial charge in [-0.3, -0.25) is 19.9 Å². The molecule has 1 unspecified atom stereocenters. The number of hydrogen-bond donors (Lipinski definition) is 0. The number of nitro groups is 1. The zero-order valence-electron chi connectivity index (χ0n) is 8.57. The summed E-state index contributed by atoms with van der Waals surface area (Å²) < 4.78 is 0. The van der Waals surface area contributed by atoms with Crippen LogP contribution in [-0.2, 0) is 4.79 Å². The first-order valence-corrected chi connectivity index (χ1v) is 5.04. The molecule has 1 aliphatic heterocycles. The summed E-state index contributed by atoms with van der Waals surface area (Å²) in [6.07, 6.45) is 3.85. The van der Waals surface area contributed by atoms with Gasteiger partial charge in [-0.25, -0.2) is 0 Å². The molecule has 0 radical (unpaired) electrons. The van der Waals surface area contributed by atoms with Crippen molar-refractivity contribution < 1.29 is 9.72 Å². The lowest BCUT2D eigenvalue weighted by Gasteiger charge is -2.18. The Bertz CT molecular complexity index is 404. The van der Waals surface area contributed by atoms with Crippen LogP contribution in [0.3, 0.4) is 0 Å². The number of pyridine rings is 1. The van der Waals surface area contributed by atoms with Gasteiger partial charge in [-0.1, -0.05) is 0 Å². The number of carbonyl (C=O) groups is 1. The smallest absolute Gasteiger partial charge is 0.287 e. The molecule has 1 aliphatic rings. The van der Waals surface area contributed by atoms with Gasteiger partial charge in [0.25, 0.3) is 5.69 Å². The molecule has 1 amide bonds. The average Bonchev–Trinajstić information content (AvgIpc) is 2.77. The van der Waals surface area contributed by atoms with E-state index in [0.717, 1.165) is 31.5 Å². The molecular formula is C10H11N3O3. The Balaban J connectivity index is 2.21. The van der Waals surface area contributed by atoms with Gasteiger partial charge in [0.15, 0.2) is 0 Å². The summed E-state index contributed by atoms with van der Waals surface area (Å²) in [4.78, 5) is 26.4. The maximum absolute atomic E-state index is 10.8. The molecule has 6 heteroatoms. The van der Waals surface area contributed by atoms with E-state index < -0.39 is 4.92 Å². The molecule has 0 N–H and O–H groups in total. The number of likely N-dealkylation sites (tertiary alicyclic amines) is 1. The second kappa shape index (κ2) is 4.26. The first-order chi connectivity index (χ1) is 7.72. The summed E-state index contributed by atoms with van der Waals surface area (Å²) in [5.74, 6) is 0. The van der Waals surface area contributed by atoms with Gasteiger partial charge in [-0.2, -0.15) is 0 Å². The Hall–Kier alpha value is -1.98. The SMILES string of the molecule is O=CN1CCCC1c1ccc([N+](=O)[O-])cn1. The van der Waals surface area contributed by atoms with Gasteiger partial charge < -0.3 is 4.90 Å². The molecule has 0 saturated carbocycles. The van der Waals surface area contributed by atoms with Gasteiger partial charge in [0, 0.05) is 12.6 Å². The van der Waals surface area contributed by atoms with Crippen LogP contribution in [0.15, 0.2) is 18.3 Å². The fraction of sp³-hybridized carbons (Fsp3) is 0.400. The topological polar surface area (TPSA) is 76.3 Å². The average molecular weight is 221 g/mol. The zero-order valence-corrected chi connectivity index (χ0v) is 8.57. The van der Waals surface area contributed by atoms with E-state index in [9.17, 15) is 14.9 Å². The van der Waals surface area contributed by atoms with Crippen molar-refractivity contribution in [2.24, 2.45) is 0 Å². The zero-order chi connectivity index (χ0) is 11.5. The van der Waals surface area contributed by atoms with Gasteiger partial charge in [0.2, 0.25) is 6.41 Å². The summed E-state index contributed by atoms with van der Waals surface area (Å²) in [5, 5.41) is 10.5. The molecule has 0 spiro atoms. The fourth-order valence-corrected chi connectivity index (χ4v) is 1.94. The molecule has 1 fully saturated rings. The van der Waals surface area contributed by atoms with Crippen molar-refractivity contribution >= 4 is 12.1 Å². The normalized spacial score (nSPS) is 19.8. The van der Waals surface area contributed by atoms with Crippen LogP contribution < -0.4 is 0 Å². The molecule has 2 rings (SSSR count). The van der Waals surface area contributed by atoms with Crippen molar-refractivity contribution in [2.45, 2.75) is 18.9 Å². The Kier molecular flexibility index (Phi) is 2.80. The van der Waals surface area contributed by atoms with E-state index in [1.54, 1.807) is 11.0 Å². The lowest BCUT2D eigenvalue weighted by atomic mass is 10.1. The third-order valence-corrected chi connectivity index (χ3v) is 2.75. The molecule has 1 aromatic rings. The highest BCUT2D eigenvalue weighted by atomic mass is 16.6. The van der Waals surface area contributed by atoms with E-state index >= 15 is 0 Å². The van der Waals surface area contributed by atoms with Crippen molar-refractivity contribution in [3.63, 3.8) is 0 Å². The molecule has 1 saturated heterocycles. The maximum Gasteiger partial charge on any atom is 0.287 e. The Morgan fingerprint density at radius 3 is 2.94 bits per heavy atom. The van der Waals surface area contributed by atoms with Gasteiger partial charge in [-0.15, -0.1) is 0 Å². The number of amides is 1. The van der Waals surface area contributed by atoms with Gasteiger partial charge in [-0.05, 0) is 18.9 Å². The molecule has 0 bridgehead atoms. The molecular weight excluding hydrogens is 210 g/mol. The van der Waals surface area contributed by atoms with Crippen LogP contribution in [0, 0.1) is 10.1 Å². The van der Waals surface area contributed by atoms with E-state index in [0.29, 0.717) is 0 Å². The van der Waals surface area contributed by atoms with Crippen LogP contribution in [-0.4, -0.2) is 27.8 Å². The largest absolute Gasteiger partial charge is 0.337 e. The molecule has 0 aliphatic carbocycles. The predicted molar refractivity (Wildman–Crippen MR) is 55.6 cm³/mol. The number of rotatable bonds is 3. The molecule has 0 aromatic carbocycles. The van der Waals surface area contributed by atoms with Crippen molar-refractivity contribution in [2.75, 3.05) is 6.54 Å². The van der Waals surface area contributed by atoms with E-state index in [-0.39, 0.29) is 11.7 Å². The third kappa shape index (κ3) is 1.86. The fourth-order valence-electron chi connectivity index (χ4n) is 1.94. The van der Waals surface area contributed by atoms with Crippen molar-refractivity contribution in [1.82, 2.24) is 9.88 Å². The second-order valence-corrected chi connectivity index (χ2v) is 3.70. The van der Waals surface area contributed by atoms with Crippen LogP contribution in [0.1, 0.15) is 24.6 Å². The standard InChI is InChI=1S/C10H11N3O3/c14-7-12-5-1-2-10(12)9-4-3-8(6-11-9)13(15)16/h3-4,6-7,10H,1-2,5H2. The van der Waals surface area contributed by atoms with Crippen LogP contribution in [0.2, 0.25) is 0 Å². The van der Waals surface area contributed by atoms with Crippen molar-refractivity contribution in [3.8, 4) is 0 Å². The van der Waals surface area contributed by atoms with E-state index in [1.807, 2.05) is 0 Å².